The van der Waals surface area contributed by atoms with Crippen LogP contribution in [0.15, 0.2) is 71.8 Å². The number of carbonyl (C=O) groups is 1. The van der Waals surface area contributed by atoms with E-state index in [2.05, 4.69) is 9.97 Å². The number of benzene rings is 2. The second-order valence-corrected chi connectivity index (χ2v) is 11.0. The molecule has 0 aliphatic heterocycles. The van der Waals surface area contributed by atoms with E-state index in [4.69, 9.17) is 10.5 Å². The number of pyridine rings is 1. The molecule has 38 heavy (non-hydrogen) atoms. The third-order valence-corrected chi connectivity index (χ3v) is 8.52. The number of hydrogen-bond donors (Lipinski definition) is 0. The smallest absolute Gasteiger partial charge is 0.260 e. The van der Waals surface area contributed by atoms with Crippen molar-refractivity contribution >= 4 is 42.6 Å². The lowest BCUT2D eigenvalue weighted by Crippen LogP contribution is -2.33. The molecular formula is C26H21FN6O3S2. The topological polar surface area (TPSA) is 131 Å². The summed E-state index contributed by atoms with van der Waals surface area (Å²) in [6.07, 6.45) is 1.55. The number of nitriles is 2. The molecule has 0 saturated carbocycles. The van der Waals surface area contributed by atoms with Crippen LogP contribution >= 0.6 is 11.3 Å². The highest BCUT2D eigenvalue weighted by Gasteiger charge is 2.26. The molecule has 9 nitrogen and oxygen atoms in total. The predicted octanol–water partition coefficient (Wildman–Crippen LogP) is 4.50. The van der Waals surface area contributed by atoms with Crippen molar-refractivity contribution in [2.24, 2.45) is 0 Å². The lowest BCUT2D eigenvalue weighted by molar-refractivity contribution is 0.0984. The van der Waals surface area contributed by atoms with Crippen molar-refractivity contribution in [1.29, 1.82) is 10.5 Å². The number of rotatable bonds is 10. The maximum atomic E-state index is 14.3. The maximum absolute atomic E-state index is 14.3. The van der Waals surface area contributed by atoms with Gasteiger partial charge < -0.3 is 0 Å². The summed E-state index contributed by atoms with van der Waals surface area (Å²) in [5.74, 6) is -0.966. The molecule has 0 spiro atoms. The Morgan fingerprint density at radius 2 is 1.68 bits per heavy atom. The Balaban J connectivity index is 1.67. The SMILES string of the molecule is N#CCCN(CCC#N)S(=O)(=O)c1ccc(C(=O)N(Cc2ccccn2)c2nc3c(F)cccc3s2)cc1. The van der Waals surface area contributed by atoms with Crippen molar-refractivity contribution in [2.75, 3.05) is 18.0 Å². The molecule has 2 aromatic carbocycles. The maximum Gasteiger partial charge on any atom is 0.260 e. The Morgan fingerprint density at radius 1 is 0.974 bits per heavy atom. The molecule has 4 rings (SSSR count). The van der Waals surface area contributed by atoms with Crippen LogP contribution in [0.1, 0.15) is 28.9 Å². The molecular weight excluding hydrogens is 527 g/mol. The Hall–Kier alpha value is -4.23. The highest BCUT2D eigenvalue weighted by atomic mass is 32.2. The van der Waals surface area contributed by atoms with Crippen molar-refractivity contribution in [1.82, 2.24) is 14.3 Å². The first-order chi connectivity index (χ1) is 18.3. The number of aromatic nitrogens is 2. The van der Waals surface area contributed by atoms with Gasteiger partial charge in [-0.1, -0.05) is 23.5 Å². The number of para-hydroxylation sites is 1. The average molecular weight is 549 g/mol. The van der Waals surface area contributed by atoms with E-state index in [0.29, 0.717) is 10.4 Å². The molecule has 0 N–H and O–H groups in total. The normalized spacial score (nSPS) is 11.3. The largest absolute Gasteiger partial charge is 0.278 e. The second kappa shape index (κ2) is 11.9. The van der Waals surface area contributed by atoms with Gasteiger partial charge >= 0.3 is 0 Å². The fraction of sp³-hybridized carbons (Fsp3) is 0.192. The van der Waals surface area contributed by atoms with Crippen LogP contribution in [0.5, 0.6) is 0 Å². The molecule has 0 fully saturated rings. The fourth-order valence-corrected chi connectivity index (χ4v) is 6.09. The highest BCUT2D eigenvalue weighted by Crippen LogP contribution is 2.32. The summed E-state index contributed by atoms with van der Waals surface area (Å²) >= 11 is 1.16. The van der Waals surface area contributed by atoms with Gasteiger partial charge in [0.05, 0.1) is 34.0 Å². The number of anilines is 1. The minimum absolute atomic E-state index is 0.0214. The number of nitrogens with zero attached hydrogens (tertiary/aromatic N) is 6. The Kier molecular flexibility index (Phi) is 8.38. The standard InChI is InChI=1S/C26H21FN6O3S2/c27-22-7-3-8-23-24(22)31-26(37-23)33(18-20-6-1-2-15-30-20)25(34)19-9-11-21(12-10-19)38(35,36)32(16-4-13-28)17-5-14-29/h1-3,6-12,15H,4-5,16-18H2. The summed E-state index contributed by atoms with van der Waals surface area (Å²) in [6, 6.07) is 19.1. The number of hydrogen-bond acceptors (Lipinski definition) is 8. The van der Waals surface area contributed by atoms with E-state index in [1.54, 1.807) is 36.5 Å². The van der Waals surface area contributed by atoms with Crippen LogP contribution in [0.4, 0.5) is 9.52 Å². The summed E-state index contributed by atoms with van der Waals surface area (Å²) in [5, 5.41) is 18.0. The van der Waals surface area contributed by atoms with Crippen molar-refractivity contribution < 1.29 is 17.6 Å². The number of sulfonamides is 1. The third-order valence-electron chi connectivity index (χ3n) is 5.57. The van der Waals surface area contributed by atoms with Crippen molar-refractivity contribution in [2.45, 2.75) is 24.3 Å². The molecule has 2 heterocycles. The monoisotopic (exact) mass is 548 g/mol. The molecule has 0 atom stereocenters. The molecule has 2 aromatic heterocycles. The van der Waals surface area contributed by atoms with E-state index in [9.17, 15) is 17.6 Å². The average Bonchev–Trinajstić information content (AvgIpc) is 3.37. The van der Waals surface area contributed by atoms with Gasteiger partial charge in [0.1, 0.15) is 11.3 Å². The van der Waals surface area contributed by atoms with Gasteiger partial charge in [-0.2, -0.15) is 14.8 Å². The van der Waals surface area contributed by atoms with E-state index in [1.165, 1.54) is 35.2 Å². The molecule has 0 aliphatic rings. The van der Waals surface area contributed by atoms with Gasteiger partial charge in [0.2, 0.25) is 10.0 Å². The molecule has 0 bridgehead atoms. The van der Waals surface area contributed by atoms with Crippen LogP contribution in [0, 0.1) is 28.5 Å². The van der Waals surface area contributed by atoms with Crippen molar-refractivity contribution in [3.63, 3.8) is 0 Å². The Bertz CT molecular complexity index is 1610. The molecule has 0 saturated heterocycles. The molecule has 0 radical (unpaired) electrons. The summed E-state index contributed by atoms with van der Waals surface area (Å²) in [5.41, 5.74) is 0.938. The molecule has 1 amide bonds. The molecule has 192 valence electrons. The van der Waals surface area contributed by atoms with Gasteiger partial charge in [0, 0.05) is 37.7 Å². The number of carbonyl (C=O) groups excluding carboxylic acids is 1. The lowest BCUT2D eigenvalue weighted by Gasteiger charge is -2.21. The van der Waals surface area contributed by atoms with Crippen LogP contribution in [0.25, 0.3) is 10.2 Å². The summed E-state index contributed by atoms with van der Waals surface area (Å²) in [6.45, 7) is -0.0301. The number of halogens is 1. The first-order valence-electron chi connectivity index (χ1n) is 11.5. The lowest BCUT2D eigenvalue weighted by atomic mass is 10.2. The number of thiazole rings is 1. The molecule has 4 aromatic rings. The molecule has 0 unspecified atom stereocenters. The van der Waals surface area contributed by atoms with E-state index >= 15 is 0 Å². The van der Waals surface area contributed by atoms with Gasteiger partial charge in [-0.25, -0.2) is 17.8 Å². The summed E-state index contributed by atoms with van der Waals surface area (Å²) < 4.78 is 42.2. The van der Waals surface area contributed by atoms with Crippen molar-refractivity contribution in [3.05, 3.63) is 83.9 Å². The first kappa shape index (κ1) is 26.8. The fourth-order valence-electron chi connectivity index (χ4n) is 3.67. The Labute approximate surface area is 223 Å². The second-order valence-electron chi connectivity index (χ2n) is 8.04. The molecule has 12 heteroatoms. The van der Waals surface area contributed by atoms with Gasteiger partial charge in [-0.05, 0) is 48.5 Å². The van der Waals surface area contributed by atoms with Crippen LogP contribution in [0.2, 0.25) is 0 Å². The summed E-state index contributed by atoms with van der Waals surface area (Å²) in [4.78, 5) is 23.6. The van der Waals surface area contributed by atoms with E-state index in [-0.39, 0.29) is 53.6 Å². The number of amides is 1. The van der Waals surface area contributed by atoms with Crippen LogP contribution in [-0.4, -0.2) is 41.7 Å². The Morgan fingerprint density at radius 3 is 2.29 bits per heavy atom. The van der Waals surface area contributed by atoms with E-state index in [0.717, 1.165) is 15.6 Å². The third kappa shape index (κ3) is 5.84. The van der Waals surface area contributed by atoms with E-state index in [1.807, 2.05) is 12.1 Å². The molecule has 0 aliphatic carbocycles. The zero-order chi connectivity index (χ0) is 27.1. The van der Waals surface area contributed by atoms with Crippen LogP contribution in [0.3, 0.4) is 0 Å². The minimum atomic E-state index is -3.99. The van der Waals surface area contributed by atoms with Crippen LogP contribution < -0.4 is 4.90 Å². The zero-order valence-electron chi connectivity index (χ0n) is 20.0. The predicted molar refractivity (Wildman–Crippen MR) is 140 cm³/mol. The first-order valence-corrected chi connectivity index (χ1v) is 13.7. The number of fused-ring (bicyclic) bond motifs is 1. The van der Waals surface area contributed by atoms with Gasteiger partial charge in [0.15, 0.2) is 5.13 Å². The van der Waals surface area contributed by atoms with E-state index < -0.39 is 21.7 Å². The van der Waals surface area contributed by atoms with Gasteiger partial charge in [0.25, 0.3) is 5.91 Å². The summed E-state index contributed by atoms with van der Waals surface area (Å²) in [7, 11) is -3.99. The zero-order valence-corrected chi connectivity index (χ0v) is 21.6. The van der Waals surface area contributed by atoms with Gasteiger partial charge in [-0.15, -0.1) is 0 Å². The minimum Gasteiger partial charge on any atom is -0.278 e. The van der Waals surface area contributed by atoms with Gasteiger partial charge in [-0.3, -0.25) is 14.7 Å². The van der Waals surface area contributed by atoms with Crippen molar-refractivity contribution in [3.8, 4) is 12.1 Å². The quantitative estimate of drug-likeness (QED) is 0.285. The van der Waals surface area contributed by atoms with Crippen LogP contribution in [-0.2, 0) is 16.6 Å². The highest BCUT2D eigenvalue weighted by molar-refractivity contribution is 7.89.